The first kappa shape index (κ1) is 12.0. The van der Waals surface area contributed by atoms with Crippen molar-refractivity contribution in [1.82, 2.24) is 0 Å². The van der Waals surface area contributed by atoms with Crippen molar-refractivity contribution < 1.29 is 4.74 Å². The Kier molecular flexibility index (Phi) is 4.01. The molecule has 0 aliphatic carbocycles. The summed E-state index contributed by atoms with van der Waals surface area (Å²) in [7, 11) is 0. The fraction of sp³-hybridized carbons (Fsp3) is 0.0769. The summed E-state index contributed by atoms with van der Waals surface area (Å²) >= 11 is 3.43. The first-order chi connectivity index (χ1) is 8.28. The average molecular weight is 293 g/mol. The van der Waals surface area contributed by atoms with Crippen molar-refractivity contribution in [2.24, 2.45) is 5.84 Å². The first-order valence-electron chi connectivity index (χ1n) is 5.22. The summed E-state index contributed by atoms with van der Waals surface area (Å²) in [6.07, 6.45) is 0. The van der Waals surface area contributed by atoms with Crippen molar-refractivity contribution in [3.63, 3.8) is 0 Å². The summed E-state index contributed by atoms with van der Waals surface area (Å²) in [6, 6.07) is 15.6. The predicted octanol–water partition coefficient (Wildman–Crippen LogP) is 3.31. The number of nitrogen functional groups attached to an aromatic ring is 1. The fourth-order valence-corrected chi connectivity index (χ4v) is 1.92. The molecule has 0 saturated carbocycles. The van der Waals surface area contributed by atoms with Crippen molar-refractivity contribution in [3.8, 4) is 5.75 Å². The molecule has 0 unspecified atom stereocenters. The monoisotopic (exact) mass is 292 g/mol. The SMILES string of the molecule is NNc1cccc(OCc2cccc(Br)c2)c1. The summed E-state index contributed by atoms with van der Waals surface area (Å²) in [4.78, 5) is 0. The lowest BCUT2D eigenvalue weighted by molar-refractivity contribution is 0.306. The zero-order valence-corrected chi connectivity index (χ0v) is 10.8. The van der Waals surface area contributed by atoms with Gasteiger partial charge in [-0.15, -0.1) is 0 Å². The van der Waals surface area contributed by atoms with Gasteiger partial charge in [0.05, 0.1) is 5.69 Å². The third-order valence-corrected chi connectivity index (χ3v) is 2.79. The Hall–Kier alpha value is -1.52. The van der Waals surface area contributed by atoms with Crippen molar-refractivity contribution >= 4 is 21.6 Å². The molecule has 3 N–H and O–H groups in total. The normalized spacial score (nSPS) is 10.0. The molecule has 4 heteroatoms. The molecule has 0 aliphatic rings. The molecule has 0 saturated heterocycles. The molecule has 0 heterocycles. The molecule has 2 aromatic carbocycles. The highest BCUT2D eigenvalue weighted by molar-refractivity contribution is 9.10. The molecule has 0 fully saturated rings. The van der Waals surface area contributed by atoms with E-state index in [9.17, 15) is 0 Å². The van der Waals surface area contributed by atoms with Gasteiger partial charge in [0, 0.05) is 10.5 Å². The Labute approximate surface area is 109 Å². The van der Waals surface area contributed by atoms with E-state index in [0.29, 0.717) is 6.61 Å². The lowest BCUT2D eigenvalue weighted by Crippen LogP contribution is -2.06. The molecule has 88 valence electrons. The van der Waals surface area contributed by atoms with Crippen LogP contribution in [0.4, 0.5) is 5.69 Å². The smallest absolute Gasteiger partial charge is 0.121 e. The number of halogens is 1. The molecule has 3 nitrogen and oxygen atoms in total. The zero-order chi connectivity index (χ0) is 12.1. The van der Waals surface area contributed by atoms with Crippen LogP contribution < -0.4 is 16.0 Å². The third kappa shape index (κ3) is 3.47. The van der Waals surface area contributed by atoms with Gasteiger partial charge in [-0.25, -0.2) is 0 Å². The highest BCUT2D eigenvalue weighted by Crippen LogP contribution is 2.18. The number of hydrazine groups is 1. The highest BCUT2D eigenvalue weighted by Gasteiger charge is 1.98. The van der Waals surface area contributed by atoms with Crippen LogP contribution in [-0.2, 0) is 6.61 Å². The number of rotatable bonds is 4. The van der Waals surface area contributed by atoms with Gasteiger partial charge >= 0.3 is 0 Å². The van der Waals surface area contributed by atoms with Gasteiger partial charge in [-0.2, -0.15) is 0 Å². The van der Waals surface area contributed by atoms with Crippen LogP contribution in [0.2, 0.25) is 0 Å². The maximum absolute atomic E-state index is 5.67. The van der Waals surface area contributed by atoms with Gasteiger partial charge in [0.25, 0.3) is 0 Å². The van der Waals surface area contributed by atoms with Gasteiger partial charge in [-0.05, 0) is 29.8 Å². The molecule has 0 atom stereocenters. The van der Waals surface area contributed by atoms with Crippen LogP contribution in [0.5, 0.6) is 5.75 Å². The van der Waals surface area contributed by atoms with Crippen LogP contribution in [-0.4, -0.2) is 0 Å². The van der Waals surface area contributed by atoms with Crippen LogP contribution in [0.15, 0.2) is 53.0 Å². The summed E-state index contributed by atoms with van der Waals surface area (Å²) < 4.78 is 6.72. The summed E-state index contributed by atoms with van der Waals surface area (Å²) in [6.45, 7) is 0.535. The fourth-order valence-electron chi connectivity index (χ4n) is 1.47. The molecular weight excluding hydrogens is 280 g/mol. The van der Waals surface area contributed by atoms with Gasteiger partial charge < -0.3 is 10.2 Å². The van der Waals surface area contributed by atoms with E-state index in [1.807, 2.05) is 48.5 Å². The molecule has 0 amide bonds. The van der Waals surface area contributed by atoms with Crippen molar-refractivity contribution in [2.45, 2.75) is 6.61 Å². The Morgan fingerprint density at radius 1 is 1.12 bits per heavy atom. The summed E-state index contributed by atoms with van der Waals surface area (Å²) in [5.74, 6) is 6.13. The van der Waals surface area contributed by atoms with Crippen LogP contribution in [0.3, 0.4) is 0 Å². The van der Waals surface area contributed by atoms with Gasteiger partial charge in [-0.3, -0.25) is 5.84 Å². The number of hydrogen-bond acceptors (Lipinski definition) is 3. The Morgan fingerprint density at radius 3 is 2.71 bits per heavy atom. The second-order valence-corrected chi connectivity index (χ2v) is 4.51. The predicted molar refractivity (Wildman–Crippen MR) is 72.7 cm³/mol. The minimum atomic E-state index is 0.535. The summed E-state index contributed by atoms with van der Waals surface area (Å²) in [5, 5.41) is 0. The molecule has 0 aliphatic heterocycles. The quantitative estimate of drug-likeness (QED) is 0.671. The van der Waals surface area contributed by atoms with E-state index >= 15 is 0 Å². The van der Waals surface area contributed by atoms with Gasteiger partial charge in [0.2, 0.25) is 0 Å². The van der Waals surface area contributed by atoms with Crippen LogP contribution in [0.25, 0.3) is 0 Å². The lowest BCUT2D eigenvalue weighted by atomic mass is 10.2. The first-order valence-corrected chi connectivity index (χ1v) is 6.01. The minimum Gasteiger partial charge on any atom is -0.489 e. The van der Waals surface area contributed by atoms with E-state index in [1.165, 1.54) is 0 Å². The molecule has 2 rings (SSSR count). The number of ether oxygens (including phenoxy) is 1. The average Bonchev–Trinajstić information content (AvgIpc) is 2.37. The number of hydrogen-bond donors (Lipinski definition) is 2. The minimum absolute atomic E-state index is 0.535. The van der Waals surface area contributed by atoms with Gasteiger partial charge in [0.1, 0.15) is 12.4 Å². The standard InChI is InChI=1S/C13H13BrN2O/c14-11-4-1-3-10(7-11)9-17-13-6-2-5-12(8-13)16-15/h1-8,16H,9,15H2. The summed E-state index contributed by atoms with van der Waals surface area (Å²) in [5.41, 5.74) is 4.53. The van der Waals surface area contributed by atoms with Gasteiger partial charge in [-0.1, -0.05) is 34.1 Å². The van der Waals surface area contributed by atoms with E-state index in [1.54, 1.807) is 0 Å². The van der Waals surface area contributed by atoms with Crippen molar-refractivity contribution in [1.29, 1.82) is 0 Å². The number of nitrogens with one attached hydrogen (secondary N) is 1. The van der Waals surface area contributed by atoms with E-state index in [4.69, 9.17) is 10.6 Å². The maximum atomic E-state index is 5.67. The van der Waals surface area contributed by atoms with Gasteiger partial charge in [0.15, 0.2) is 0 Å². The number of benzene rings is 2. The van der Waals surface area contributed by atoms with E-state index in [0.717, 1.165) is 21.5 Å². The number of anilines is 1. The lowest BCUT2D eigenvalue weighted by Gasteiger charge is -2.08. The largest absolute Gasteiger partial charge is 0.489 e. The van der Waals surface area contributed by atoms with Crippen molar-refractivity contribution in [2.75, 3.05) is 5.43 Å². The van der Waals surface area contributed by atoms with Crippen LogP contribution in [0, 0.1) is 0 Å². The molecular formula is C13H13BrN2O. The topological polar surface area (TPSA) is 47.3 Å². The Morgan fingerprint density at radius 2 is 1.94 bits per heavy atom. The van der Waals surface area contributed by atoms with E-state index < -0.39 is 0 Å². The molecule has 2 aromatic rings. The zero-order valence-electron chi connectivity index (χ0n) is 9.19. The second kappa shape index (κ2) is 5.70. The van der Waals surface area contributed by atoms with E-state index in [-0.39, 0.29) is 0 Å². The highest BCUT2D eigenvalue weighted by atomic mass is 79.9. The van der Waals surface area contributed by atoms with E-state index in [2.05, 4.69) is 21.4 Å². The molecule has 0 radical (unpaired) electrons. The Bertz CT molecular complexity index is 502. The second-order valence-electron chi connectivity index (χ2n) is 3.59. The molecule has 0 spiro atoms. The van der Waals surface area contributed by atoms with Crippen LogP contribution >= 0.6 is 15.9 Å². The molecule has 17 heavy (non-hydrogen) atoms. The molecule has 0 bridgehead atoms. The van der Waals surface area contributed by atoms with Crippen molar-refractivity contribution in [3.05, 3.63) is 58.6 Å². The third-order valence-electron chi connectivity index (χ3n) is 2.30. The maximum Gasteiger partial charge on any atom is 0.121 e. The molecule has 0 aromatic heterocycles. The Balaban J connectivity index is 2.02. The number of nitrogens with two attached hydrogens (primary N) is 1. The van der Waals surface area contributed by atoms with Crippen LogP contribution in [0.1, 0.15) is 5.56 Å².